The number of hydrogen-bond acceptors (Lipinski definition) is 7. The Labute approximate surface area is 157 Å². The van der Waals surface area contributed by atoms with E-state index in [0.717, 1.165) is 0 Å². The number of nitrogens with one attached hydrogen (secondary N) is 2. The molecule has 0 saturated carbocycles. The zero-order valence-electron chi connectivity index (χ0n) is 15.5. The quantitative estimate of drug-likeness (QED) is 0.505. The first kappa shape index (κ1) is 20.0. The number of furan rings is 1. The second kappa shape index (κ2) is 9.42. The normalized spacial score (nSPS) is 11.1. The minimum atomic E-state index is -1.13. The molecule has 8 heteroatoms. The van der Waals surface area contributed by atoms with Gasteiger partial charge >= 0.3 is 0 Å². The number of hydrogen-bond donors (Lipinski definition) is 2. The monoisotopic (exact) mass is 372 g/mol. The first-order valence-electron chi connectivity index (χ1n) is 8.40. The average Bonchev–Trinajstić information content (AvgIpc) is 3.03. The number of aliphatic carboxylic acids is 1. The van der Waals surface area contributed by atoms with Crippen molar-refractivity contribution >= 4 is 23.3 Å². The predicted octanol–water partition coefficient (Wildman–Crippen LogP) is 1.23. The highest BCUT2D eigenvalue weighted by Crippen LogP contribution is 2.22. The first-order chi connectivity index (χ1) is 12.9. The molecule has 8 nitrogen and oxygen atoms in total. The third-order valence-electron chi connectivity index (χ3n) is 3.83. The van der Waals surface area contributed by atoms with Crippen molar-refractivity contribution in [1.82, 2.24) is 5.43 Å². The van der Waals surface area contributed by atoms with Gasteiger partial charge in [-0.1, -0.05) is 12.1 Å². The number of ether oxygens (including phenoxy) is 1. The third kappa shape index (κ3) is 5.88. The van der Waals surface area contributed by atoms with Crippen LogP contribution >= 0.6 is 0 Å². The molecule has 1 aromatic carbocycles. The number of carboxylic acid groups (broad SMARTS) is 1. The van der Waals surface area contributed by atoms with Crippen LogP contribution in [-0.2, 0) is 16.0 Å². The van der Waals surface area contributed by atoms with Crippen LogP contribution in [0.15, 0.2) is 39.9 Å². The lowest BCUT2D eigenvalue weighted by Gasteiger charge is -2.10. The molecule has 27 heavy (non-hydrogen) atoms. The van der Waals surface area contributed by atoms with Gasteiger partial charge in [0, 0.05) is 18.0 Å². The Bertz CT molecular complexity index is 842. The fourth-order valence-electron chi connectivity index (χ4n) is 2.46. The molecule has 0 aliphatic heterocycles. The summed E-state index contributed by atoms with van der Waals surface area (Å²) in [6.07, 6.45) is 0.125. The van der Waals surface area contributed by atoms with Crippen LogP contribution in [0.25, 0.3) is 0 Å². The van der Waals surface area contributed by atoms with Crippen LogP contribution in [0.1, 0.15) is 30.4 Å². The standard InChI is InChI=1S/C19H23N3O5/c1-12(15-10-14(27-13(15)2)8-9-19(24)25)21-22-18(23)11-20-16-6-4-5-7-17(16)26-3/h4-7,10,20H,8-9,11H2,1-3H3,(H,22,23)(H,24,25)/p-1/b21-12-. The smallest absolute Gasteiger partial charge is 0.259 e. The predicted molar refractivity (Wildman–Crippen MR) is 98.6 cm³/mol. The zero-order valence-corrected chi connectivity index (χ0v) is 15.5. The number of para-hydroxylation sites is 2. The van der Waals surface area contributed by atoms with Crippen LogP contribution in [-0.4, -0.2) is 31.2 Å². The van der Waals surface area contributed by atoms with E-state index in [2.05, 4.69) is 15.8 Å². The maximum Gasteiger partial charge on any atom is 0.259 e. The van der Waals surface area contributed by atoms with E-state index in [0.29, 0.717) is 34.2 Å². The number of amides is 1. The van der Waals surface area contributed by atoms with Gasteiger partial charge in [-0.05, 0) is 38.5 Å². The largest absolute Gasteiger partial charge is 0.550 e. The number of hydrazone groups is 1. The van der Waals surface area contributed by atoms with Crippen LogP contribution in [0, 0.1) is 6.92 Å². The van der Waals surface area contributed by atoms with Crippen molar-refractivity contribution in [2.75, 3.05) is 19.0 Å². The molecule has 1 heterocycles. The summed E-state index contributed by atoms with van der Waals surface area (Å²) in [4.78, 5) is 22.5. The van der Waals surface area contributed by atoms with Crippen LogP contribution in [0.4, 0.5) is 5.69 Å². The summed E-state index contributed by atoms with van der Waals surface area (Å²) in [6, 6.07) is 9.00. The highest BCUT2D eigenvalue weighted by atomic mass is 16.5. The molecule has 0 atom stereocenters. The van der Waals surface area contributed by atoms with Crippen molar-refractivity contribution in [2.45, 2.75) is 26.7 Å². The minimum absolute atomic E-state index is 0.0262. The van der Waals surface area contributed by atoms with Gasteiger partial charge in [0.05, 0.1) is 25.1 Å². The van der Waals surface area contributed by atoms with Crippen molar-refractivity contribution in [3.8, 4) is 5.75 Å². The van der Waals surface area contributed by atoms with Crippen LogP contribution in [0.5, 0.6) is 5.75 Å². The van der Waals surface area contributed by atoms with E-state index in [1.165, 1.54) is 0 Å². The Morgan fingerprint density at radius 1 is 1.30 bits per heavy atom. The number of methoxy groups -OCH3 is 1. The van der Waals surface area contributed by atoms with Crippen molar-refractivity contribution in [2.24, 2.45) is 5.10 Å². The van der Waals surface area contributed by atoms with Crippen LogP contribution < -0.4 is 20.6 Å². The molecule has 0 saturated heterocycles. The second-order valence-electron chi connectivity index (χ2n) is 5.84. The maximum absolute atomic E-state index is 12.0. The number of nitrogens with zero attached hydrogens (tertiary/aromatic N) is 1. The van der Waals surface area contributed by atoms with E-state index >= 15 is 0 Å². The number of carboxylic acids is 1. The Morgan fingerprint density at radius 3 is 2.74 bits per heavy atom. The summed E-state index contributed by atoms with van der Waals surface area (Å²) in [5.41, 5.74) is 4.45. The summed E-state index contributed by atoms with van der Waals surface area (Å²) < 4.78 is 10.7. The van der Waals surface area contributed by atoms with Crippen molar-refractivity contribution in [3.63, 3.8) is 0 Å². The van der Waals surface area contributed by atoms with Gasteiger partial charge in [-0.15, -0.1) is 0 Å². The van der Waals surface area contributed by atoms with Gasteiger partial charge in [0.2, 0.25) is 0 Å². The lowest BCUT2D eigenvalue weighted by atomic mass is 10.1. The summed E-state index contributed by atoms with van der Waals surface area (Å²) in [7, 11) is 1.56. The zero-order chi connectivity index (χ0) is 19.8. The molecule has 2 N–H and O–H groups in total. The Balaban J connectivity index is 1.92. The number of rotatable bonds is 9. The van der Waals surface area contributed by atoms with Crippen molar-refractivity contribution in [3.05, 3.63) is 47.4 Å². The fourth-order valence-corrected chi connectivity index (χ4v) is 2.46. The summed E-state index contributed by atoms with van der Waals surface area (Å²) in [5.74, 6) is 0.323. The van der Waals surface area contributed by atoms with Gasteiger partial charge in [-0.2, -0.15) is 5.10 Å². The highest BCUT2D eigenvalue weighted by Gasteiger charge is 2.11. The number of benzene rings is 1. The van der Waals surface area contributed by atoms with Gasteiger partial charge in [0.1, 0.15) is 17.3 Å². The Kier molecular flexibility index (Phi) is 6.99. The van der Waals surface area contributed by atoms with Gasteiger partial charge in [0.25, 0.3) is 5.91 Å². The lowest BCUT2D eigenvalue weighted by molar-refractivity contribution is -0.305. The minimum Gasteiger partial charge on any atom is -0.550 e. The van der Waals surface area contributed by atoms with Crippen molar-refractivity contribution < 1.29 is 23.8 Å². The molecule has 2 rings (SSSR count). The van der Waals surface area contributed by atoms with Gasteiger partial charge < -0.3 is 24.4 Å². The molecule has 0 radical (unpaired) electrons. The summed E-state index contributed by atoms with van der Waals surface area (Å²) in [5, 5.41) is 17.6. The molecule has 0 spiro atoms. The number of anilines is 1. The molecule has 1 amide bonds. The highest BCUT2D eigenvalue weighted by molar-refractivity contribution is 6.00. The van der Waals surface area contributed by atoms with E-state index in [9.17, 15) is 14.7 Å². The molecule has 144 valence electrons. The third-order valence-corrected chi connectivity index (χ3v) is 3.83. The Morgan fingerprint density at radius 2 is 2.04 bits per heavy atom. The van der Waals surface area contributed by atoms with E-state index in [4.69, 9.17) is 9.15 Å². The average molecular weight is 372 g/mol. The number of carbonyl (C=O) groups is 2. The second-order valence-corrected chi connectivity index (χ2v) is 5.84. The molecular weight excluding hydrogens is 350 g/mol. The number of carbonyl (C=O) groups excluding carboxylic acids is 2. The molecule has 0 fully saturated rings. The molecular formula is C19H22N3O5-. The SMILES string of the molecule is COc1ccccc1NCC(=O)N/N=C(/C)c1cc(CCC(=O)[O-])oc1C. The van der Waals surface area contributed by atoms with Crippen molar-refractivity contribution in [1.29, 1.82) is 0 Å². The fraction of sp³-hybridized carbons (Fsp3) is 0.316. The van der Waals surface area contributed by atoms with Crippen LogP contribution in [0.2, 0.25) is 0 Å². The van der Waals surface area contributed by atoms with Crippen LogP contribution in [0.3, 0.4) is 0 Å². The van der Waals surface area contributed by atoms with E-state index in [1.807, 2.05) is 18.2 Å². The van der Waals surface area contributed by atoms with Gasteiger partial charge in [0.15, 0.2) is 0 Å². The molecule has 2 aromatic rings. The molecule has 0 aliphatic carbocycles. The topological polar surface area (TPSA) is 116 Å². The first-order valence-corrected chi connectivity index (χ1v) is 8.40. The summed E-state index contributed by atoms with van der Waals surface area (Å²) >= 11 is 0. The number of aryl methyl sites for hydroxylation is 2. The van der Waals surface area contributed by atoms with E-state index in [1.54, 1.807) is 33.1 Å². The van der Waals surface area contributed by atoms with Gasteiger partial charge in [-0.25, -0.2) is 5.43 Å². The summed E-state index contributed by atoms with van der Waals surface area (Å²) in [6.45, 7) is 3.51. The molecule has 0 bridgehead atoms. The Hall–Kier alpha value is -3.29. The molecule has 1 aromatic heterocycles. The molecule has 0 aliphatic rings. The maximum atomic E-state index is 12.0. The molecule has 0 unspecified atom stereocenters. The van der Waals surface area contributed by atoms with E-state index < -0.39 is 5.97 Å². The van der Waals surface area contributed by atoms with E-state index in [-0.39, 0.29) is 25.3 Å². The van der Waals surface area contributed by atoms with Gasteiger partial charge in [-0.3, -0.25) is 4.79 Å². The lowest BCUT2D eigenvalue weighted by Crippen LogP contribution is -2.26.